The molecule has 104 valence electrons. The molecule has 0 amide bonds. The Labute approximate surface area is 123 Å². The maximum Gasteiger partial charge on any atom is 0.242 e. The van der Waals surface area contributed by atoms with Gasteiger partial charge < -0.3 is 5.73 Å². The van der Waals surface area contributed by atoms with Crippen LogP contribution in [0.3, 0.4) is 0 Å². The summed E-state index contributed by atoms with van der Waals surface area (Å²) in [6.45, 7) is 0.526. The number of hydrogen-bond donors (Lipinski definition) is 2. The van der Waals surface area contributed by atoms with E-state index in [0.29, 0.717) is 10.3 Å². The second-order valence-corrected chi connectivity index (χ2v) is 8.09. The van der Waals surface area contributed by atoms with Crippen LogP contribution in [-0.2, 0) is 30.2 Å². The molecular weight excluding hydrogens is 352 g/mol. The van der Waals surface area contributed by atoms with Crippen LogP contribution in [0.4, 0.5) is 0 Å². The Hall–Kier alpha value is -0.740. The first kappa shape index (κ1) is 14.7. The van der Waals surface area contributed by atoms with Gasteiger partial charge in [-0.2, -0.15) is 5.10 Å². The summed E-state index contributed by atoms with van der Waals surface area (Å²) in [5, 5.41) is 3.98. The molecule has 2 aromatic rings. The zero-order valence-corrected chi connectivity index (χ0v) is 13.3. The van der Waals surface area contributed by atoms with E-state index in [9.17, 15) is 8.42 Å². The van der Waals surface area contributed by atoms with E-state index in [2.05, 4.69) is 25.8 Å². The van der Waals surface area contributed by atoms with E-state index >= 15 is 0 Å². The smallest absolute Gasteiger partial charge is 0.242 e. The monoisotopic (exact) mass is 364 g/mol. The zero-order chi connectivity index (χ0) is 14.0. The minimum atomic E-state index is -3.55. The minimum absolute atomic E-state index is 0.205. The molecule has 0 bridgehead atoms. The van der Waals surface area contributed by atoms with Crippen LogP contribution in [0, 0.1) is 0 Å². The lowest BCUT2D eigenvalue weighted by atomic mass is 10.4. The van der Waals surface area contributed by atoms with Gasteiger partial charge in [0.05, 0.1) is 9.98 Å². The Kier molecular flexibility index (Phi) is 4.41. The highest BCUT2D eigenvalue weighted by molar-refractivity contribution is 9.11. The Morgan fingerprint density at radius 1 is 1.58 bits per heavy atom. The first-order chi connectivity index (χ1) is 8.92. The predicted molar refractivity (Wildman–Crippen MR) is 77.1 cm³/mol. The molecule has 0 saturated carbocycles. The lowest BCUT2D eigenvalue weighted by Crippen LogP contribution is -2.22. The van der Waals surface area contributed by atoms with Crippen LogP contribution in [0.15, 0.2) is 27.1 Å². The number of rotatable bonds is 5. The van der Waals surface area contributed by atoms with Gasteiger partial charge in [0.15, 0.2) is 0 Å². The molecule has 0 aromatic carbocycles. The Bertz CT molecular complexity index is 678. The predicted octanol–water partition coefficient (Wildman–Crippen LogP) is 1.18. The highest BCUT2D eigenvalue weighted by Gasteiger charge is 2.20. The van der Waals surface area contributed by atoms with E-state index in [1.165, 1.54) is 11.3 Å². The summed E-state index contributed by atoms with van der Waals surface area (Å²) in [6, 6.07) is 1.58. The second kappa shape index (κ2) is 5.71. The molecule has 0 fully saturated rings. The average Bonchev–Trinajstić information content (AvgIpc) is 2.93. The van der Waals surface area contributed by atoms with Gasteiger partial charge in [0.25, 0.3) is 0 Å². The van der Waals surface area contributed by atoms with E-state index in [1.807, 2.05) is 0 Å². The summed E-state index contributed by atoms with van der Waals surface area (Å²) in [6.07, 6.45) is 3.38. The van der Waals surface area contributed by atoms with E-state index < -0.39 is 10.0 Å². The van der Waals surface area contributed by atoms with Crippen LogP contribution in [0.1, 0.15) is 10.4 Å². The Morgan fingerprint density at radius 2 is 2.32 bits per heavy atom. The van der Waals surface area contributed by atoms with Crippen molar-refractivity contribution in [1.82, 2.24) is 14.5 Å². The summed E-state index contributed by atoms with van der Waals surface area (Å²) in [5.41, 5.74) is 6.31. The van der Waals surface area contributed by atoms with Gasteiger partial charge in [0.2, 0.25) is 10.0 Å². The first-order valence-electron chi connectivity index (χ1n) is 5.38. The SMILES string of the molecule is Cn1cc(CNS(=O)(=O)c2cc(CN)sc2Br)cn1. The molecule has 19 heavy (non-hydrogen) atoms. The third kappa shape index (κ3) is 3.42. The van der Waals surface area contributed by atoms with Crippen molar-refractivity contribution in [3.63, 3.8) is 0 Å². The fraction of sp³-hybridized carbons (Fsp3) is 0.300. The van der Waals surface area contributed by atoms with Crippen molar-refractivity contribution >= 4 is 37.3 Å². The lowest BCUT2D eigenvalue weighted by molar-refractivity contribution is 0.581. The highest BCUT2D eigenvalue weighted by Crippen LogP contribution is 2.31. The molecule has 2 rings (SSSR count). The molecule has 0 atom stereocenters. The van der Waals surface area contributed by atoms with Gasteiger partial charge in [0.1, 0.15) is 4.90 Å². The molecule has 0 aliphatic heterocycles. The third-order valence-electron chi connectivity index (χ3n) is 2.42. The molecular formula is C10H13BrN4O2S2. The van der Waals surface area contributed by atoms with Gasteiger partial charge >= 0.3 is 0 Å². The van der Waals surface area contributed by atoms with Gasteiger partial charge in [-0.1, -0.05) is 0 Å². The molecule has 9 heteroatoms. The van der Waals surface area contributed by atoms with Gasteiger partial charge in [-0.15, -0.1) is 11.3 Å². The van der Waals surface area contributed by atoms with Gasteiger partial charge in [0, 0.05) is 36.8 Å². The first-order valence-corrected chi connectivity index (χ1v) is 8.47. The summed E-state index contributed by atoms with van der Waals surface area (Å²) in [7, 11) is -1.77. The van der Waals surface area contributed by atoms with Crippen LogP contribution in [-0.4, -0.2) is 18.2 Å². The van der Waals surface area contributed by atoms with Crippen LogP contribution in [0.25, 0.3) is 0 Å². The molecule has 0 aliphatic carbocycles. The normalized spacial score (nSPS) is 11.9. The van der Waals surface area contributed by atoms with Crippen molar-refractivity contribution in [2.45, 2.75) is 18.0 Å². The second-order valence-electron chi connectivity index (χ2n) is 3.90. The molecule has 3 N–H and O–H groups in total. The largest absolute Gasteiger partial charge is 0.326 e. The molecule has 0 unspecified atom stereocenters. The van der Waals surface area contributed by atoms with Gasteiger partial charge in [-0.3, -0.25) is 4.68 Å². The number of nitrogens with zero attached hydrogens (tertiary/aromatic N) is 2. The van der Waals surface area contributed by atoms with Crippen LogP contribution >= 0.6 is 27.3 Å². The van der Waals surface area contributed by atoms with Crippen molar-refractivity contribution in [3.8, 4) is 0 Å². The topological polar surface area (TPSA) is 90.0 Å². The highest BCUT2D eigenvalue weighted by atomic mass is 79.9. The summed E-state index contributed by atoms with van der Waals surface area (Å²) < 4.78 is 29.0. The number of thiophene rings is 1. The summed E-state index contributed by atoms with van der Waals surface area (Å²) in [5.74, 6) is 0. The van der Waals surface area contributed by atoms with Crippen molar-refractivity contribution in [1.29, 1.82) is 0 Å². The number of nitrogens with two attached hydrogens (primary N) is 1. The maximum absolute atomic E-state index is 12.2. The quantitative estimate of drug-likeness (QED) is 0.833. The fourth-order valence-electron chi connectivity index (χ4n) is 1.50. The van der Waals surface area contributed by atoms with Crippen molar-refractivity contribution in [3.05, 3.63) is 32.7 Å². The molecule has 0 saturated heterocycles. The van der Waals surface area contributed by atoms with Crippen LogP contribution in [0.2, 0.25) is 0 Å². The fourth-order valence-corrected chi connectivity index (χ4v) is 5.08. The molecule has 2 heterocycles. The van der Waals surface area contributed by atoms with E-state index in [4.69, 9.17) is 5.73 Å². The lowest BCUT2D eigenvalue weighted by Gasteiger charge is -2.03. The molecule has 0 radical (unpaired) electrons. The Balaban J connectivity index is 2.15. The number of nitrogens with one attached hydrogen (secondary N) is 1. The van der Waals surface area contributed by atoms with E-state index in [1.54, 1.807) is 30.2 Å². The molecule has 6 nitrogen and oxygen atoms in total. The molecule has 0 aliphatic rings. The Morgan fingerprint density at radius 3 is 2.84 bits per heavy atom. The molecule has 0 spiro atoms. The van der Waals surface area contributed by atoms with Crippen molar-refractivity contribution in [2.75, 3.05) is 0 Å². The maximum atomic E-state index is 12.2. The minimum Gasteiger partial charge on any atom is -0.326 e. The van der Waals surface area contributed by atoms with E-state index in [0.717, 1.165) is 10.4 Å². The van der Waals surface area contributed by atoms with Gasteiger partial charge in [-0.05, 0) is 22.0 Å². The van der Waals surface area contributed by atoms with E-state index in [-0.39, 0.29) is 11.4 Å². The van der Waals surface area contributed by atoms with Crippen molar-refractivity contribution < 1.29 is 8.42 Å². The number of aryl methyl sites for hydroxylation is 1. The molecule has 2 aromatic heterocycles. The van der Waals surface area contributed by atoms with Crippen molar-refractivity contribution in [2.24, 2.45) is 12.8 Å². The number of sulfonamides is 1. The zero-order valence-electron chi connectivity index (χ0n) is 10.1. The van der Waals surface area contributed by atoms with Gasteiger partial charge in [-0.25, -0.2) is 13.1 Å². The van der Waals surface area contributed by atoms with Crippen LogP contribution < -0.4 is 10.5 Å². The summed E-state index contributed by atoms with van der Waals surface area (Å²) >= 11 is 4.57. The standard InChI is InChI=1S/C10H13BrN4O2S2/c1-15-6-7(4-13-15)5-14-19(16,17)9-2-8(3-12)18-10(9)11/h2,4,6,14H,3,5,12H2,1H3. The average molecular weight is 365 g/mol. The third-order valence-corrected chi connectivity index (χ3v) is 6.10. The number of halogens is 1. The summed E-state index contributed by atoms with van der Waals surface area (Å²) in [4.78, 5) is 1.04. The number of aromatic nitrogens is 2. The van der Waals surface area contributed by atoms with Crippen LogP contribution in [0.5, 0.6) is 0 Å². The number of hydrogen-bond acceptors (Lipinski definition) is 5.